The highest BCUT2D eigenvalue weighted by Gasteiger charge is 2.08. The average Bonchev–Trinajstić information content (AvgIpc) is 2.46. The predicted octanol–water partition coefficient (Wildman–Crippen LogP) is 4.70. The van der Waals surface area contributed by atoms with E-state index in [0.717, 1.165) is 22.7 Å². The Morgan fingerprint density at radius 2 is 1.74 bits per heavy atom. The van der Waals surface area contributed by atoms with Gasteiger partial charge in [-0.15, -0.1) is 0 Å². The first kappa shape index (κ1) is 13.9. The molecule has 0 radical (unpaired) electrons. The molecule has 98 valence electrons. The maximum atomic E-state index is 6.19. The lowest BCUT2D eigenvalue weighted by molar-refractivity contribution is 0.623. The SMILES string of the molecule is C=C(CNC(C)c1ccccc1Cl)c1ccccc1. The molecule has 19 heavy (non-hydrogen) atoms. The van der Waals surface area contributed by atoms with Crippen LogP contribution < -0.4 is 5.32 Å². The number of benzene rings is 2. The van der Waals surface area contributed by atoms with Crippen LogP contribution in [0.2, 0.25) is 5.02 Å². The Labute approximate surface area is 119 Å². The lowest BCUT2D eigenvalue weighted by Crippen LogP contribution is -2.20. The zero-order chi connectivity index (χ0) is 13.7. The average molecular weight is 272 g/mol. The third-order valence-electron chi connectivity index (χ3n) is 3.18. The Bertz CT molecular complexity index is 548. The Hall–Kier alpha value is -1.57. The van der Waals surface area contributed by atoms with Gasteiger partial charge in [0.1, 0.15) is 0 Å². The largest absolute Gasteiger partial charge is 0.306 e. The van der Waals surface area contributed by atoms with E-state index in [-0.39, 0.29) is 6.04 Å². The molecule has 1 unspecified atom stereocenters. The first-order chi connectivity index (χ1) is 9.18. The summed E-state index contributed by atoms with van der Waals surface area (Å²) in [7, 11) is 0. The fraction of sp³-hybridized carbons (Fsp3) is 0.176. The van der Waals surface area contributed by atoms with Crippen molar-refractivity contribution >= 4 is 17.2 Å². The Kier molecular flexibility index (Phi) is 4.78. The van der Waals surface area contributed by atoms with E-state index >= 15 is 0 Å². The fourth-order valence-electron chi connectivity index (χ4n) is 1.99. The van der Waals surface area contributed by atoms with E-state index in [9.17, 15) is 0 Å². The highest BCUT2D eigenvalue weighted by atomic mass is 35.5. The Morgan fingerprint density at radius 1 is 1.11 bits per heavy atom. The zero-order valence-electron chi connectivity index (χ0n) is 11.1. The molecule has 0 aliphatic rings. The second-order valence-electron chi connectivity index (χ2n) is 4.59. The molecular formula is C17H18ClN. The van der Waals surface area contributed by atoms with Gasteiger partial charge >= 0.3 is 0 Å². The normalized spacial score (nSPS) is 12.1. The number of halogens is 1. The molecule has 0 heterocycles. The van der Waals surface area contributed by atoms with E-state index in [0.29, 0.717) is 0 Å². The Balaban J connectivity index is 1.96. The minimum Gasteiger partial charge on any atom is -0.306 e. The summed E-state index contributed by atoms with van der Waals surface area (Å²) in [5, 5.41) is 4.25. The van der Waals surface area contributed by atoms with Crippen molar-refractivity contribution in [1.82, 2.24) is 5.32 Å². The predicted molar refractivity (Wildman–Crippen MR) is 83.3 cm³/mol. The molecule has 0 fully saturated rings. The van der Waals surface area contributed by atoms with Gasteiger partial charge in [-0.25, -0.2) is 0 Å². The minimum absolute atomic E-state index is 0.203. The lowest BCUT2D eigenvalue weighted by atomic mass is 10.1. The molecule has 2 heteroatoms. The van der Waals surface area contributed by atoms with Crippen LogP contribution in [0.5, 0.6) is 0 Å². The standard InChI is InChI=1S/C17H18ClN/c1-13(15-8-4-3-5-9-15)12-19-14(2)16-10-6-7-11-17(16)18/h3-11,14,19H,1,12H2,2H3. The van der Waals surface area contributed by atoms with E-state index in [1.807, 2.05) is 42.5 Å². The van der Waals surface area contributed by atoms with Gasteiger partial charge < -0.3 is 5.32 Å². The summed E-state index contributed by atoms with van der Waals surface area (Å²) in [5.41, 5.74) is 3.37. The molecule has 2 aromatic carbocycles. The number of hydrogen-bond acceptors (Lipinski definition) is 1. The van der Waals surface area contributed by atoms with Gasteiger partial charge in [-0.05, 0) is 29.7 Å². The first-order valence-electron chi connectivity index (χ1n) is 6.39. The quantitative estimate of drug-likeness (QED) is 0.831. The molecule has 1 atom stereocenters. The van der Waals surface area contributed by atoms with Crippen molar-refractivity contribution in [2.45, 2.75) is 13.0 Å². The van der Waals surface area contributed by atoms with Crippen molar-refractivity contribution in [3.8, 4) is 0 Å². The highest BCUT2D eigenvalue weighted by molar-refractivity contribution is 6.31. The van der Waals surface area contributed by atoms with Crippen molar-refractivity contribution < 1.29 is 0 Å². The van der Waals surface area contributed by atoms with Crippen LogP contribution in [-0.4, -0.2) is 6.54 Å². The molecule has 0 bridgehead atoms. The molecule has 1 nitrogen and oxygen atoms in total. The van der Waals surface area contributed by atoms with Crippen molar-refractivity contribution in [2.24, 2.45) is 0 Å². The summed E-state index contributed by atoms with van der Waals surface area (Å²) in [6.07, 6.45) is 0. The van der Waals surface area contributed by atoms with Crippen molar-refractivity contribution in [2.75, 3.05) is 6.54 Å². The molecule has 2 rings (SSSR count). The smallest absolute Gasteiger partial charge is 0.0453 e. The highest BCUT2D eigenvalue weighted by Crippen LogP contribution is 2.22. The van der Waals surface area contributed by atoms with Crippen LogP contribution >= 0.6 is 11.6 Å². The van der Waals surface area contributed by atoms with Crippen LogP contribution in [-0.2, 0) is 0 Å². The van der Waals surface area contributed by atoms with Gasteiger partial charge in [0.05, 0.1) is 0 Å². The minimum atomic E-state index is 0.203. The molecule has 0 amide bonds. The maximum absolute atomic E-state index is 6.19. The van der Waals surface area contributed by atoms with Crippen molar-refractivity contribution in [3.63, 3.8) is 0 Å². The van der Waals surface area contributed by atoms with Gasteiger partial charge in [0.25, 0.3) is 0 Å². The van der Waals surface area contributed by atoms with Crippen molar-refractivity contribution in [1.29, 1.82) is 0 Å². The summed E-state index contributed by atoms with van der Waals surface area (Å²) in [4.78, 5) is 0. The summed E-state index contributed by atoms with van der Waals surface area (Å²) in [5.74, 6) is 0. The fourth-order valence-corrected chi connectivity index (χ4v) is 2.29. The second kappa shape index (κ2) is 6.55. The van der Waals surface area contributed by atoms with Crippen molar-refractivity contribution in [3.05, 3.63) is 77.3 Å². The van der Waals surface area contributed by atoms with Gasteiger partial charge in [-0.1, -0.05) is 66.7 Å². The van der Waals surface area contributed by atoms with E-state index < -0.39 is 0 Å². The summed E-state index contributed by atoms with van der Waals surface area (Å²) in [6, 6.07) is 18.3. The molecule has 0 aliphatic carbocycles. The van der Waals surface area contributed by atoms with Crippen LogP contribution in [0.15, 0.2) is 61.2 Å². The first-order valence-corrected chi connectivity index (χ1v) is 6.77. The summed E-state index contributed by atoms with van der Waals surface area (Å²) < 4.78 is 0. The van der Waals surface area contributed by atoms with Crippen LogP contribution in [0.3, 0.4) is 0 Å². The number of rotatable bonds is 5. The Morgan fingerprint density at radius 3 is 2.42 bits per heavy atom. The van der Waals surface area contributed by atoms with E-state index in [1.165, 1.54) is 5.56 Å². The van der Waals surface area contributed by atoms with Gasteiger partial charge in [0.2, 0.25) is 0 Å². The zero-order valence-corrected chi connectivity index (χ0v) is 11.8. The topological polar surface area (TPSA) is 12.0 Å². The van der Waals surface area contributed by atoms with Crippen LogP contribution in [0.1, 0.15) is 24.1 Å². The lowest BCUT2D eigenvalue weighted by Gasteiger charge is -2.16. The molecule has 0 aromatic heterocycles. The number of nitrogens with one attached hydrogen (secondary N) is 1. The molecule has 1 N–H and O–H groups in total. The van der Waals surface area contributed by atoms with E-state index in [1.54, 1.807) is 0 Å². The van der Waals surface area contributed by atoms with Gasteiger partial charge in [-0.2, -0.15) is 0 Å². The summed E-state index contributed by atoms with van der Waals surface area (Å²) >= 11 is 6.19. The maximum Gasteiger partial charge on any atom is 0.0453 e. The van der Waals surface area contributed by atoms with Gasteiger partial charge in [-0.3, -0.25) is 0 Å². The number of hydrogen-bond donors (Lipinski definition) is 1. The molecule has 0 saturated heterocycles. The van der Waals surface area contributed by atoms with Gasteiger partial charge in [0.15, 0.2) is 0 Å². The van der Waals surface area contributed by atoms with E-state index in [2.05, 4.69) is 31.0 Å². The third kappa shape index (κ3) is 3.69. The van der Waals surface area contributed by atoms with Crippen LogP contribution in [0.25, 0.3) is 5.57 Å². The van der Waals surface area contributed by atoms with E-state index in [4.69, 9.17) is 11.6 Å². The molecule has 0 spiro atoms. The monoisotopic (exact) mass is 271 g/mol. The van der Waals surface area contributed by atoms with Gasteiger partial charge in [0, 0.05) is 17.6 Å². The molecule has 0 saturated carbocycles. The third-order valence-corrected chi connectivity index (χ3v) is 3.52. The van der Waals surface area contributed by atoms with Crippen LogP contribution in [0, 0.1) is 0 Å². The molecular weight excluding hydrogens is 254 g/mol. The molecule has 2 aromatic rings. The molecule has 0 aliphatic heterocycles. The van der Waals surface area contributed by atoms with Crippen LogP contribution in [0.4, 0.5) is 0 Å². The summed E-state index contributed by atoms with van der Waals surface area (Å²) in [6.45, 7) is 6.97. The second-order valence-corrected chi connectivity index (χ2v) is 5.00.